The fourth-order valence-electron chi connectivity index (χ4n) is 4.81. The maximum Gasteiger partial charge on any atom is 0.338 e. The molecule has 0 aromatic heterocycles. The standard InChI is InChI=1S/C29H24N2O5/c1-36-29(35)21-12-6-5-11-20(21)17-18-30-24(16-15-19-9-3-2-4-10-19)25(28(30)34)31-26(32)22-13-7-8-14-23(22)27(31)33/h2-16,24-25H,17-18H2,1H3/t24-,25+/m1/s1. The molecule has 180 valence electrons. The summed E-state index contributed by atoms with van der Waals surface area (Å²) in [7, 11) is 1.33. The van der Waals surface area contributed by atoms with Gasteiger partial charge in [-0.05, 0) is 35.7 Å². The second kappa shape index (κ2) is 9.62. The minimum atomic E-state index is -0.923. The summed E-state index contributed by atoms with van der Waals surface area (Å²) in [4.78, 5) is 54.5. The molecule has 7 nitrogen and oxygen atoms in total. The van der Waals surface area contributed by atoms with Crippen molar-refractivity contribution in [3.8, 4) is 0 Å². The van der Waals surface area contributed by atoms with Crippen LogP contribution in [0.3, 0.4) is 0 Å². The number of carbonyl (C=O) groups is 4. The van der Waals surface area contributed by atoms with Crippen molar-refractivity contribution in [2.24, 2.45) is 0 Å². The van der Waals surface area contributed by atoms with Gasteiger partial charge in [0.2, 0.25) is 5.91 Å². The van der Waals surface area contributed by atoms with Crippen molar-refractivity contribution < 1.29 is 23.9 Å². The van der Waals surface area contributed by atoms with E-state index in [0.717, 1.165) is 16.0 Å². The van der Waals surface area contributed by atoms with E-state index < -0.39 is 29.9 Å². The fraction of sp³-hybridized carbons (Fsp3) is 0.172. The van der Waals surface area contributed by atoms with E-state index in [-0.39, 0.29) is 5.91 Å². The number of esters is 1. The number of ether oxygens (including phenoxy) is 1. The molecule has 7 heteroatoms. The summed E-state index contributed by atoms with van der Waals surface area (Å²) in [6, 6.07) is 21.9. The molecule has 1 fully saturated rings. The van der Waals surface area contributed by atoms with E-state index in [2.05, 4.69) is 0 Å². The third kappa shape index (κ3) is 3.98. The highest BCUT2D eigenvalue weighted by molar-refractivity contribution is 6.23. The molecule has 2 aliphatic rings. The summed E-state index contributed by atoms with van der Waals surface area (Å²) in [5.74, 6) is -1.65. The van der Waals surface area contributed by atoms with Crippen molar-refractivity contribution in [2.45, 2.75) is 18.5 Å². The molecule has 5 rings (SSSR count). The first-order valence-corrected chi connectivity index (χ1v) is 11.7. The molecule has 0 spiro atoms. The van der Waals surface area contributed by atoms with Gasteiger partial charge >= 0.3 is 5.97 Å². The number of β-lactam (4-membered cyclic amide) rings is 1. The van der Waals surface area contributed by atoms with Gasteiger partial charge in [0.25, 0.3) is 11.8 Å². The quantitative estimate of drug-likeness (QED) is 0.293. The Morgan fingerprint density at radius 3 is 2.14 bits per heavy atom. The van der Waals surface area contributed by atoms with Crippen LogP contribution in [0.2, 0.25) is 0 Å². The minimum Gasteiger partial charge on any atom is -0.465 e. The predicted molar refractivity (Wildman–Crippen MR) is 133 cm³/mol. The summed E-state index contributed by atoms with van der Waals surface area (Å²) < 4.78 is 4.88. The van der Waals surface area contributed by atoms with Gasteiger partial charge in [-0.2, -0.15) is 0 Å². The van der Waals surface area contributed by atoms with E-state index in [0.29, 0.717) is 29.7 Å². The molecule has 0 saturated carbocycles. The first-order valence-electron chi connectivity index (χ1n) is 11.7. The van der Waals surface area contributed by atoms with Crippen LogP contribution in [0.4, 0.5) is 0 Å². The van der Waals surface area contributed by atoms with Gasteiger partial charge in [0.15, 0.2) is 0 Å². The Balaban J connectivity index is 1.42. The largest absolute Gasteiger partial charge is 0.465 e. The SMILES string of the molecule is COC(=O)c1ccccc1CCN1C(=O)[C@@H](N2C(=O)c3ccccc3C2=O)[C@H]1C=Cc1ccccc1. The number of hydrogen-bond donors (Lipinski definition) is 0. The molecule has 3 aromatic rings. The van der Waals surface area contributed by atoms with E-state index in [1.807, 2.05) is 54.6 Å². The molecule has 1 saturated heterocycles. The van der Waals surface area contributed by atoms with E-state index >= 15 is 0 Å². The second-order valence-corrected chi connectivity index (χ2v) is 8.66. The zero-order valence-corrected chi connectivity index (χ0v) is 19.7. The molecule has 36 heavy (non-hydrogen) atoms. The van der Waals surface area contributed by atoms with Crippen LogP contribution in [-0.2, 0) is 16.0 Å². The molecular formula is C29H24N2O5. The van der Waals surface area contributed by atoms with Gasteiger partial charge in [0.1, 0.15) is 6.04 Å². The molecule has 0 unspecified atom stereocenters. The number of rotatable bonds is 7. The first-order chi connectivity index (χ1) is 17.5. The zero-order chi connectivity index (χ0) is 25.2. The third-order valence-electron chi connectivity index (χ3n) is 6.65. The average Bonchev–Trinajstić information content (AvgIpc) is 3.16. The Labute approximate surface area is 208 Å². The van der Waals surface area contributed by atoms with Crippen molar-refractivity contribution in [2.75, 3.05) is 13.7 Å². The number of fused-ring (bicyclic) bond motifs is 1. The molecule has 3 amide bonds. The molecule has 2 heterocycles. The van der Waals surface area contributed by atoms with Gasteiger partial charge in [-0.25, -0.2) is 4.79 Å². The van der Waals surface area contributed by atoms with Gasteiger partial charge in [-0.3, -0.25) is 19.3 Å². The summed E-state index contributed by atoms with van der Waals surface area (Å²) in [6.45, 7) is 0.316. The zero-order valence-electron chi connectivity index (χ0n) is 19.7. The molecule has 0 bridgehead atoms. The maximum absolute atomic E-state index is 13.4. The maximum atomic E-state index is 13.4. The number of likely N-dealkylation sites (tertiary alicyclic amines) is 1. The lowest BCUT2D eigenvalue weighted by Crippen LogP contribution is -2.71. The number of hydrogen-bond acceptors (Lipinski definition) is 5. The first kappa shape index (κ1) is 23.2. The number of nitrogens with zero attached hydrogens (tertiary/aromatic N) is 2. The lowest BCUT2D eigenvalue weighted by atomic mass is 9.91. The molecule has 3 aromatic carbocycles. The Hall–Kier alpha value is -4.52. The smallest absolute Gasteiger partial charge is 0.338 e. The lowest BCUT2D eigenvalue weighted by molar-refractivity contribution is -0.152. The molecular weight excluding hydrogens is 456 g/mol. The van der Waals surface area contributed by atoms with Gasteiger partial charge in [0.05, 0.1) is 29.8 Å². The summed E-state index contributed by atoms with van der Waals surface area (Å²) >= 11 is 0. The van der Waals surface area contributed by atoms with Crippen molar-refractivity contribution in [3.63, 3.8) is 0 Å². The van der Waals surface area contributed by atoms with Gasteiger partial charge in [-0.15, -0.1) is 0 Å². The van der Waals surface area contributed by atoms with Crippen LogP contribution in [-0.4, -0.2) is 59.2 Å². The van der Waals surface area contributed by atoms with Crippen LogP contribution in [0.25, 0.3) is 6.08 Å². The summed E-state index contributed by atoms with van der Waals surface area (Å²) in [5, 5.41) is 0. The fourth-order valence-corrected chi connectivity index (χ4v) is 4.81. The third-order valence-corrected chi connectivity index (χ3v) is 6.65. The van der Waals surface area contributed by atoms with E-state index in [1.54, 1.807) is 41.3 Å². The lowest BCUT2D eigenvalue weighted by Gasteiger charge is -2.48. The number of amides is 3. The highest BCUT2D eigenvalue weighted by Crippen LogP contribution is 2.34. The van der Waals surface area contributed by atoms with Crippen LogP contribution in [0.15, 0.2) is 84.9 Å². The Bertz CT molecular complexity index is 1350. The number of benzene rings is 3. The average molecular weight is 481 g/mol. The minimum absolute atomic E-state index is 0.303. The van der Waals surface area contributed by atoms with E-state index in [9.17, 15) is 19.2 Å². The number of methoxy groups -OCH3 is 1. The monoisotopic (exact) mass is 480 g/mol. The van der Waals surface area contributed by atoms with E-state index in [4.69, 9.17) is 4.74 Å². The van der Waals surface area contributed by atoms with Crippen molar-refractivity contribution >= 4 is 29.8 Å². The second-order valence-electron chi connectivity index (χ2n) is 8.66. The van der Waals surface area contributed by atoms with Crippen LogP contribution in [0.5, 0.6) is 0 Å². The van der Waals surface area contributed by atoms with Crippen LogP contribution in [0.1, 0.15) is 42.2 Å². The van der Waals surface area contributed by atoms with E-state index in [1.165, 1.54) is 7.11 Å². The topological polar surface area (TPSA) is 84.0 Å². The van der Waals surface area contributed by atoms with Crippen molar-refractivity contribution in [1.82, 2.24) is 9.80 Å². The molecule has 2 aliphatic heterocycles. The molecule has 0 aliphatic carbocycles. The number of carbonyl (C=O) groups excluding carboxylic acids is 4. The van der Waals surface area contributed by atoms with Crippen molar-refractivity contribution in [3.05, 3.63) is 113 Å². The van der Waals surface area contributed by atoms with Crippen LogP contribution in [0, 0.1) is 0 Å². The van der Waals surface area contributed by atoms with Gasteiger partial charge in [0, 0.05) is 6.54 Å². The molecule has 2 atom stereocenters. The number of imide groups is 1. The van der Waals surface area contributed by atoms with Gasteiger partial charge in [-0.1, -0.05) is 72.8 Å². The van der Waals surface area contributed by atoms with Crippen LogP contribution < -0.4 is 0 Å². The Kier molecular flexibility index (Phi) is 6.21. The summed E-state index contributed by atoms with van der Waals surface area (Å²) in [5.41, 5.74) is 2.76. The van der Waals surface area contributed by atoms with Crippen molar-refractivity contribution in [1.29, 1.82) is 0 Å². The molecule has 0 radical (unpaired) electrons. The normalized spacial score (nSPS) is 19.0. The summed E-state index contributed by atoms with van der Waals surface area (Å²) in [6.07, 6.45) is 4.16. The molecule has 0 N–H and O–H groups in total. The van der Waals surface area contributed by atoms with Gasteiger partial charge < -0.3 is 9.64 Å². The highest BCUT2D eigenvalue weighted by Gasteiger charge is 2.55. The highest BCUT2D eigenvalue weighted by atomic mass is 16.5. The predicted octanol–water partition coefficient (Wildman–Crippen LogP) is 3.60. The Morgan fingerprint density at radius 1 is 0.861 bits per heavy atom. The van der Waals surface area contributed by atoms with Crippen LogP contribution >= 0.6 is 0 Å². The Morgan fingerprint density at radius 2 is 1.47 bits per heavy atom.